The van der Waals surface area contributed by atoms with Crippen LogP contribution in [0.2, 0.25) is 0 Å². The van der Waals surface area contributed by atoms with E-state index in [2.05, 4.69) is 4.98 Å². The second-order valence-electron chi connectivity index (χ2n) is 6.47. The summed E-state index contributed by atoms with van der Waals surface area (Å²) in [5, 5.41) is 19.6. The molecule has 0 aliphatic rings. The minimum atomic E-state index is -0.645. The van der Waals surface area contributed by atoms with Crippen LogP contribution < -0.4 is 4.74 Å². The van der Waals surface area contributed by atoms with Crippen LogP contribution in [0.25, 0.3) is 11.0 Å². The molecule has 3 aromatic rings. The maximum atomic E-state index is 10.4. The lowest BCUT2D eigenvalue weighted by Crippen LogP contribution is -2.23. The van der Waals surface area contributed by atoms with Crippen molar-refractivity contribution in [2.75, 3.05) is 20.3 Å². The van der Waals surface area contributed by atoms with E-state index in [0.29, 0.717) is 26.0 Å². The first-order valence-corrected chi connectivity index (χ1v) is 9.15. The molecule has 0 amide bonds. The normalized spacial score (nSPS) is 12.4. The average molecular weight is 370 g/mol. The first-order valence-electron chi connectivity index (χ1n) is 9.15. The number of aliphatic hydroxyl groups excluding tert-OH is 2. The van der Waals surface area contributed by atoms with E-state index in [1.807, 2.05) is 53.1 Å². The number of para-hydroxylation sites is 2. The molecule has 0 fully saturated rings. The molecule has 0 spiro atoms. The molecule has 0 aliphatic heterocycles. The summed E-state index contributed by atoms with van der Waals surface area (Å²) in [4.78, 5) is 4.64. The number of rotatable bonds is 10. The Balaban J connectivity index is 1.60. The third kappa shape index (κ3) is 5.07. The number of benzene rings is 2. The van der Waals surface area contributed by atoms with Crippen molar-refractivity contribution in [1.29, 1.82) is 0 Å². The van der Waals surface area contributed by atoms with Gasteiger partial charge in [0.05, 0.1) is 44.0 Å². The number of nitrogens with zero attached hydrogens (tertiary/aromatic N) is 2. The predicted molar refractivity (Wildman–Crippen MR) is 104 cm³/mol. The molecule has 0 aliphatic carbocycles. The number of methoxy groups -OCH3 is 1. The zero-order chi connectivity index (χ0) is 19.1. The Morgan fingerprint density at radius 3 is 2.63 bits per heavy atom. The van der Waals surface area contributed by atoms with Crippen molar-refractivity contribution in [2.24, 2.45) is 0 Å². The molecule has 0 unspecified atom stereocenters. The fraction of sp³-hybridized carbons (Fsp3) is 0.381. The highest BCUT2D eigenvalue weighted by Gasteiger charge is 2.14. The van der Waals surface area contributed by atoms with Crippen molar-refractivity contribution in [3.05, 3.63) is 59.9 Å². The number of aryl methyl sites for hydroxylation is 1. The van der Waals surface area contributed by atoms with E-state index in [4.69, 9.17) is 14.6 Å². The van der Waals surface area contributed by atoms with Crippen LogP contribution in [0.1, 0.15) is 17.8 Å². The molecule has 0 bridgehead atoms. The van der Waals surface area contributed by atoms with Gasteiger partial charge in [0, 0.05) is 13.0 Å². The van der Waals surface area contributed by atoms with E-state index in [1.165, 1.54) is 0 Å². The lowest BCUT2D eigenvalue weighted by molar-refractivity contribution is 0.0205. The van der Waals surface area contributed by atoms with Crippen LogP contribution in [0.4, 0.5) is 0 Å². The molecular weight excluding hydrogens is 344 g/mol. The van der Waals surface area contributed by atoms with E-state index in [-0.39, 0.29) is 13.2 Å². The Hall–Kier alpha value is -2.41. The van der Waals surface area contributed by atoms with Gasteiger partial charge in [-0.15, -0.1) is 0 Å². The van der Waals surface area contributed by atoms with Gasteiger partial charge < -0.3 is 24.3 Å². The second-order valence-corrected chi connectivity index (χ2v) is 6.47. The van der Waals surface area contributed by atoms with Crippen LogP contribution in [-0.2, 0) is 24.3 Å². The standard InChI is InChI=1S/C21H26N2O4/c1-26-18-10-8-16(9-11-18)14-27-15-17(25)13-23-20-6-3-2-5-19(20)22-21(23)7-4-12-24/h2-3,5-6,8-11,17,24-25H,4,7,12-15H2,1H3/t17-/m1/s1. The van der Waals surface area contributed by atoms with Crippen molar-refractivity contribution >= 4 is 11.0 Å². The highest BCUT2D eigenvalue weighted by molar-refractivity contribution is 5.75. The molecule has 1 aromatic heterocycles. The number of ether oxygens (including phenoxy) is 2. The first kappa shape index (κ1) is 19.4. The van der Waals surface area contributed by atoms with Crippen molar-refractivity contribution in [2.45, 2.75) is 32.1 Å². The minimum Gasteiger partial charge on any atom is -0.497 e. The topological polar surface area (TPSA) is 76.7 Å². The van der Waals surface area contributed by atoms with E-state index in [1.54, 1.807) is 7.11 Å². The summed E-state index contributed by atoms with van der Waals surface area (Å²) in [5.74, 6) is 1.68. The smallest absolute Gasteiger partial charge is 0.118 e. The van der Waals surface area contributed by atoms with Crippen molar-refractivity contribution < 1.29 is 19.7 Å². The van der Waals surface area contributed by atoms with E-state index < -0.39 is 6.10 Å². The number of imidazole rings is 1. The van der Waals surface area contributed by atoms with Crippen molar-refractivity contribution in [3.8, 4) is 5.75 Å². The van der Waals surface area contributed by atoms with Gasteiger partial charge in [-0.1, -0.05) is 24.3 Å². The molecule has 2 N–H and O–H groups in total. The van der Waals surface area contributed by atoms with Crippen LogP contribution in [0.15, 0.2) is 48.5 Å². The number of aliphatic hydroxyl groups is 2. The Morgan fingerprint density at radius 1 is 1.11 bits per heavy atom. The Morgan fingerprint density at radius 2 is 1.89 bits per heavy atom. The van der Waals surface area contributed by atoms with Crippen LogP contribution in [0.5, 0.6) is 5.75 Å². The van der Waals surface area contributed by atoms with Gasteiger partial charge in [0.1, 0.15) is 11.6 Å². The lowest BCUT2D eigenvalue weighted by atomic mass is 10.2. The minimum absolute atomic E-state index is 0.122. The molecule has 27 heavy (non-hydrogen) atoms. The van der Waals surface area contributed by atoms with E-state index in [0.717, 1.165) is 28.2 Å². The van der Waals surface area contributed by atoms with Crippen molar-refractivity contribution in [1.82, 2.24) is 9.55 Å². The van der Waals surface area contributed by atoms with Crippen molar-refractivity contribution in [3.63, 3.8) is 0 Å². The van der Waals surface area contributed by atoms with Gasteiger partial charge in [-0.2, -0.15) is 0 Å². The summed E-state index contributed by atoms with van der Waals surface area (Å²) in [6.45, 7) is 1.20. The molecule has 1 atom stereocenters. The van der Waals surface area contributed by atoms with Crippen LogP contribution in [0.3, 0.4) is 0 Å². The highest BCUT2D eigenvalue weighted by atomic mass is 16.5. The van der Waals surface area contributed by atoms with Crippen LogP contribution >= 0.6 is 0 Å². The van der Waals surface area contributed by atoms with Gasteiger partial charge in [0.25, 0.3) is 0 Å². The van der Waals surface area contributed by atoms with Gasteiger partial charge in [-0.3, -0.25) is 0 Å². The Bertz CT molecular complexity index is 845. The number of hydrogen-bond acceptors (Lipinski definition) is 5. The second kappa shape index (κ2) is 9.50. The zero-order valence-corrected chi connectivity index (χ0v) is 15.5. The third-order valence-corrected chi connectivity index (χ3v) is 4.42. The number of fused-ring (bicyclic) bond motifs is 1. The molecule has 1 heterocycles. The van der Waals surface area contributed by atoms with Gasteiger partial charge in [0.15, 0.2) is 0 Å². The molecule has 3 rings (SSSR count). The quantitative estimate of drug-likeness (QED) is 0.574. The molecule has 6 nitrogen and oxygen atoms in total. The van der Waals surface area contributed by atoms with E-state index >= 15 is 0 Å². The summed E-state index contributed by atoms with van der Waals surface area (Å²) < 4.78 is 12.8. The maximum Gasteiger partial charge on any atom is 0.118 e. The molecule has 0 saturated heterocycles. The fourth-order valence-corrected chi connectivity index (χ4v) is 3.06. The van der Waals surface area contributed by atoms with Gasteiger partial charge >= 0.3 is 0 Å². The van der Waals surface area contributed by atoms with Gasteiger partial charge in [-0.25, -0.2) is 4.98 Å². The maximum absolute atomic E-state index is 10.4. The fourth-order valence-electron chi connectivity index (χ4n) is 3.06. The summed E-state index contributed by atoms with van der Waals surface area (Å²) in [6, 6.07) is 15.5. The Kier molecular flexibility index (Phi) is 6.81. The molecule has 6 heteroatoms. The monoisotopic (exact) mass is 370 g/mol. The summed E-state index contributed by atoms with van der Waals surface area (Å²) in [7, 11) is 1.64. The van der Waals surface area contributed by atoms with Crippen LogP contribution in [0, 0.1) is 0 Å². The SMILES string of the molecule is COc1ccc(COC[C@H](O)Cn2c(CCCO)nc3ccccc32)cc1. The lowest BCUT2D eigenvalue weighted by Gasteiger charge is -2.15. The summed E-state index contributed by atoms with van der Waals surface area (Å²) in [6.07, 6.45) is 0.673. The van der Waals surface area contributed by atoms with Crippen LogP contribution in [-0.4, -0.2) is 46.2 Å². The average Bonchev–Trinajstić information content (AvgIpc) is 3.04. The third-order valence-electron chi connectivity index (χ3n) is 4.42. The predicted octanol–water partition coefficient (Wildman–Crippen LogP) is 2.55. The largest absolute Gasteiger partial charge is 0.497 e. The Labute approximate surface area is 159 Å². The number of aromatic nitrogens is 2. The zero-order valence-electron chi connectivity index (χ0n) is 15.5. The first-order chi connectivity index (χ1) is 13.2. The van der Waals surface area contributed by atoms with E-state index in [9.17, 15) is 5.11 Å². The molecular formula is C21H26N2O4. The summed E-state index contributed by atoms with van der Waals surface area (Å²) >= 11 is 0. The van der Waals surface area contributed by atoms with Gasteiger partial charge in [0.2, 0.25) is 0 Å². The summed E-state index contributed by atoms with van der Waals surface area (Å²) in [5.41, 5.74) is 2.91. The number of hydrogen-bond donors (Lipinski definition) is 2. The molecule has 0 radical (unpaired) electrons. The molecule has 144 valence electrons. The van der Waals surface area contributed by atoms with Gasteiger partial charge in [-0.05, 0) is 36.2 Å². The molecule has 2 aromatic carbocycles. The molecule has 0 saturated carbocycles. The highest BCUT2D eigenvalue weighted by Crippen LogP contribution is 2.18.